The van der Waals surface area contributed by atoms with Crippen LogP contribution in [0.2, 0.25) is 0 Å². The average Bonchev–Trinajstić information content (AvgIpc) is 4.09. The Morgan fingerprint density at radius 1 is 0.321 bits per heavy atom. The molecule has 0 spiro atoms. The third kappa shape index (κ3) is 6.27. The fraction of sp³-hybridized carbons (Fsp3) is 0.0833. The number of H-pyrrole nitrogens is 4. The summed E-state index contributed by atoms with van der Waals surface area (Å²) in [5, 5.41) is 3.77. The Kier molecular flexibility index (Phi) is 8.91. The van der Waals surface area contributed by atoms with Gasteiger partial charge in [0.15, 0.2) is 0 Å². The number of hydrogen-bond acceptors (Lipinski definition) is 4. The van der Waals surface area contributed by atoms with Crippen molar-refractivity contribution in [3.63, 3.8) is 0 Å². The van der Waals surface area contributed by atoms with Crippen molar-refractivity contribution in [2.75, 3.05) is 28.4 Å². The summed E-state index contributed by atoms with van der Waals surface area (Å²) < 4.78 is 22.8. The molecule has 4 aromatic heterocycles. The van der Waals surface area contributed by atoms with Crippen LogP contribution in [0.4, 0.5) is 0 Å². The third-order valence-corrected chi connectivity index (χ3v) is 10.3. The van der Waals surface area contributed by atoms with Crippen LogP contribution >= 0.6 is 0 Å². The molecule has 8 nitrogen and oxygen atoms in total. The number of nitrogens with one attached hydrogen (secondary N) is 4. The number of aromatic nitrogens is 4. The molecular weight excluding hydrogens is 697 g/mol. The highest BCUT2D eigenvalue weighted by Gasteiger charge is 2.19. The van der Waals surface area contributed by atoms with Gasteiger partial charge in [0.2, 0.25) is 0 Å². The Morgan fingerprint density at radius 2 is 0.679 bits per heavy atom. The van der Waals surface area contributed by atoms with Crippen LogP contribution in [0.25, 0.3) is 22.3 Å². The maximum atomic E-state index is 5.71. The van der Waals surface area contributed by atoms with Crippen molar-refractivity contribution in [1.29, 1.82) is 0 Å². The molecule has 4 N–H and O–H groups in total. The van der Waals surface area contributed by atoms with Gasteiger partial charge in [-0.05, 0) is 113 Å². The largest absolute Gasteiger partial charge is 0.497 e. The minimum absolute atomic E-state index is 0.772. The van der Waals surface area contributed by atoms with Crippen LogP contribution < -0.4 is 40.3 Å². The lowest BCUT2D eigenvalue weighted by Crippen LogP contribution is -2.18. The van der Waals surface area contributed by atoms with E-state index in [0.29, 0.717) is 0 Å². The van der Waals surface area contributed by atoms with Crippen LogP contribution in [-0.4, -0.2) is 48.4 Å². The molecule has 0 amide bonds. The molecular formula is C48H40N4O4. The van der Waals surface area contributed by atoms with Gasteiger partial charge in [0.1, 0.15) is 23.0 Å². The van der Waals surface area contributed by atoms with E-state index >= 15 is 0 Å². The van der Waals surface area contributed by atoms with E-state index in [9.17, 15) is 0 Å². The van der Waals surface area contributed by atoms with Gasteiger partial charge in [0, 0.05) is 72.5 Å². The Hall–Kier alpha value is -7.32. The first-order chi connectivity index (χ1) is 27.5. The minimum atomic E-state index is 0.772. The van der Waals surface area contributed by atoms with Gasteiger partial charge in [-0.3, -0.25) is 0 Å². The van der Waals surface area contributed by atoms with Gasteiger partial charge in [-0.15, -0.1) is 0 Å². The number of fused-ring (bicyclic) bond motifs is 8. The Labute approximate surface area is 323 Å². The van der Waals surface area contributed by atoms with Gasteiger partial charge >= 0.3 is 0 Å². The molecule has 1 aliphatic rings. The number of hydrogen-bond donors (Lipinski definition) is 4. The highest BCUT2D eigenvalue weighted by Crippen LogP contribution is 2.31. The summed E-state index contributed by atoms with van der Waals surface area (Å²) in [5.41, 5.74) is 11.9. The lowest BCUT2D eigenvalue weighted by molar-refractivity contribution is 0.414. The second kappa shape index (κ2) is 14.5. The molecule has 0 saturated heterocycles. The number of ether oxygens (including phenoxy) is 4. The average molecular weight is 737 g/mol. The van der Waals surface area contributed by atoms with Crippen molar-refractivity contribution in [1.82, 2.24) is 19.9 Å². The second-order valence-electron chi connectivity index (χ2n) is 13.6. The molecule has 0 atom stereocenters. The number of aromatic amines is 4. The molecule has 5 heterocycles. The third-order valence-electron chi connectivity index (χ3n) is 10.3. The van der Waals surface area contributed by atoms with Gasteiger partial charge in [0.25, 0.3) is 0 Å². The molecule has 9 rings (SSSR count). The summed E-state index contributed by atoms with van der Waals surface area (Å²) >= 11 is 0. The van der Waals surface area contributed by atoms with Crippen molar-refractivity contribution < 1.29 is 18.9 Å². The first-order valence-corrected chi connectivity index (χ1v) is 18.4. The first-order valence-electron chi connectivity index (χ1n) is 18.4. The predicted octanol–water partition coefficient (Wildman–Crippen LogP) is 6.34. The van der Waals surface area contributed by atoms with Gasteiger partial charge in [-0.25, -0.2) is 0 Å². The first kappa shape index (κ1) is 34.4. The van der Waals surface area contributed by atoms with Gasteiger partial charge in [-0.2, -0.15) is 0 Å². The van der Waals surface area contributed by atoms with Gasteiger partial charge in [0.05, 0.1) is 28.4 Å². The van der Waals surface area contributed by atoms with E-state index in [1.807, 2.05) is 48.5 Å². The highest BCUT2D eigenvalue weighted by molar-refractivity contribution is 5.86. The monoisotopic (exact) mass is 736 g/mol. The van der Waals surface area contributed by atoms with Crippen LogP contribution in [0.5, 0.6) is 23.0 Å². The fourth-order valence-electron chi connectivity index (χ4n) is 7.70. The van der Waals surface area contributed by atoms with E-state index in [4.69, 9.17) is 18.9 Å². The second-order valence-corrected chi connectivity index (χ2v) is 13.6. The molecule has 8 bridgehead atoms. The Bertz CT molecular complexity index is 2600. The molecule has 276 valence electrons. The Morgan fingerprint density at radius 3 is 1.07 bits per heavy atom. The van der Waals surface area contributed by atoms with Crippen LogP contribution in [0.1, 0.15) is 44.9 Å². The van der Waals surface area contributed by atoms with Crippen molar-refractivity contribution >= 4 is 22.3 Å². The normalized spacial score (nSPS) is 12.5. The fourth-order valence-corrected chi connectivity index (χ4v) is 7.70. The van der Waals surface area contributed by atoms with Crippen LogP contribution in [0, 0.1) is 0 Å². The predicted molar refractivity (Wildman–Crippen MR) is 220 cm³/mol. The molecule has 0 radical (unpaired) electrons. The van der Waals surface area contributed by atoms with Crippen LogP contribution in [0.3, 0.4) is 0 Å². The van der Waals surface area contributed by atoms with Gasteiger partial charge in [-0.1, -0.05) is 48.5 Å². The lowest BCUT2D eigenvalue weighted by Gasteiger charge is -2.11. The summed E-state index contributed by atoms with van der Waals surface area (Å²) in [7, 11) is 6.78. The van der Waals surface area contributed by atoms with E-state index < -0.39 is 0 Å². The van der Waals surface area contributed by atoms with Crippen molar-refractivity contribution in [3.05, 3.63) is 212 Å². The molecule has 0 saturated carbocycles. The quantitative estimate of drug-likeness (QED) is 0.147. The summed E-state index contributed by atoms with van der Waals surface area (Å²) in [6, 6.07) is 47.8. The number of benzene rings is 4. The molecule has 0 fully saturated rings. The SMILES string of the molecule is COc1cccc(C2=c3ccc([nH]3)=C(c3cccc(OC)c3)c3ccc([nH]3)C(c3cccc(OC)c3)=c3ccc([nH]3)=C(c3cccc(OC)c3)c3cc2c[nH]3)c1. The minimum Gasteiger partial charge on any atom is -0.497 e. The topological polar surface area (TPSA) is 100 Å². The van der Waals surface area contributed by atoms with E-state index in [1.54, 1.807) is 28.4 Å². The molecule has 8 heteroatoms. The molecule has 56 heavy (non-hydrogen) atoms. The summed E-state index contributed by atoms with van der Waals surface area (Å²) in [4.78, 5) is 15.2. The van der Waals surface area contributed by atoms with E-state index in [-0.39, 0.29) is 0 Å². The molecule has 8 aromatic rings. The zero-order valence-electron chi connectivity index (χ0n) is 31.5. The number of methoxy groups -OCH3 is 4. The maximum absolute atomic E-state index is 5.71. The highest BCUT2D eigenvalue weighted by atomic mass is 16.5. The van der Waals surface area contributed by atoms with Crippen LogP contribution in [0.15, 0.2) is 146 Å². The Balaban J connectivity index is 1.43. The van der Waals surface area contributed by atoms with Crippen molar-refractivity contribution in [2.24, 2.45) is 0 Å². The maximum Gasteiger partial charge on any atom is 0.119 e. The van der Waals surface area contributed by atoms with Crippen molar-refractivity contribution in [2.45, 2.75) is 0 Å². The summed E-state index contributed by atoms with van der Waals surface area (Å²) in [6.45, 7) is 0. The molecule has 0 aliphatic carbocycles. The van der Waals surface area contributed by atoms with E-state index in [2.05, 4.69) is 117 Å². The molecule has 4 aromatic carbocycles. The lowest BCUT2D eigenvalue weighted by atomic mass is 9.97. The zero-order valence-corrected chi connectivity index (χ0v) is 31.5. The smallest absolute Gasteiger partial charge is 0.119 e. The summed E-state index contributed by atoms with van der Waals surface area (Å²) in [5.74, 6) is 3.09. The zero-order chi connectivity index (χ0) is 38.2. The molecule has 1 aliphatic heterocycles. The van der Waals surface area contributed by atoms with Crippen molar-refractivity contribution in [3.8, 4) is 23.0 Å². The van der Waals surface area contributed by atoms with Gasteiger partial charge < -0.3 is 38.9 Å². The van der Waals surface area contributed by atoms with E-state index in [1.165, 1.54) is 0 Å². The molecule has 0 unspecified atom stereocenters. The number of rotatable bonds is 8. The van der Waals surface area contributed by atoms with Crippen LogP contribution in [-0.2, 0) is 0 Å². The standard InChI is InChI=1S/C48H40N4O4/c1-53-34-13-5-9-29(23-34)45-33-27-44(49-28-33)48(32-12-8-16-37(26-32)56-4)43-22-21-42(52-43)47(31-11-7-15-36(25-31)55-3)41-20-19-40(51-41)46(39-18-17-38(45)50-39)30-10-6-14-35(24-30)54-2/h5-28,49-52H,1-4H3. The summed E-state index contributed by atoms with van der Waals surface area (Å²) in [6.07, 6.45) is 2.07. The van der Waals surface area contributed by atoms with E-state index in [0.717, 1.165) is 112 Å².